The molecule has 0 radical (unpaired) electrons. The van der Waals surface area contributed by atoms with Gasteiger partial charge in [0.25, 0.3) is 11.8 Å². The molecule has 0 saturated carbocycles. The number of piperidine rings is 1. The molecule has 5 rings (SSSR count). The first kappa shape index (κ1) is 24.7. The van der Waals surface area contributed by atoms with Crippen molar-refractivity contribution in [1.82, 2.24) is 15.1 Å². The van der Waals surface area contributed by atoms with Crippen molar-refractivity contribution < 1.29 is 9.59 Å². The highest BCUT2D eigenvalue weighted by Gasteiger charge is 2.28. The number of hydrogen-bond donors (Lipinski definition) is 1. The number of carbonyl (C=O) groups excluding carboxylic acids is 2. The average Bonchev–Trinajstić information content (AvgIpc) is 3.22. The maximum atomic E-state index is 13.0. The monoisotopic (exact) mass is 545 g/mol. The van der Waals surface area contributed by atoms with E-state index < -0.39 is 0 Å². The van der Waals surface area contributed by atoms with Crippen LogP contribution in [0.5, 0.6) is 0 Å². The molecular formula is C30H32BrN3O2. The first-order chi connectivity index (χ1) is 17.6. The minimum atomic E-state index is -0.116. The van der Waals surface area contributed by atoms with Crippen molar-refractivity contribution in [2.45, 2.75) is 44.8 Å². The standard InChI is InChI=1S/C30H32BrN3O2/c31-26-14-10-22(11-15-26)20-34-21-25-13-12-24(19-27(25)30(34)36)29(35)32-16-6-18-33-17-5-4-9-28(33)23-7-2-1-3-8-23/h1-3,7-8,10-15,19,28H,4-6,9,16-18,20-21H2,(H,32,35). The fourth-order valence-electron chi connectivity index (χ4n) is 5.34. The van der Waals surface area contributed by atoms with Gasteiger partial charge in [0.1, 0.15) is 0 Å². The third kappa shape index (κ3) is 5.71. The van der Waals surface area contributed by atoms with Gasteiger partial charge in [-0.25, -0.2) is 0 Å². The third-order valence-electron chi connectivity index (χ3n) is 7.24. The van der Waals surface area contributed by atoms with E-state index in [1.807, 2.05) is 41.3 Å². The molecule has 0 aliphatic carbocycles. The number of benzene rings is 3. The molecule has 2 heterocycles. The predicted octanol–water partition coefficient (Wildman–Crippen LogP) is 5.95. The number of hydrogen-bond acceptors (Lipinski definition) is 3. The zero-order chi connectivity index (χ0) is 24.9. The first-order valence-electron chi connectivity index (χ1n) is 12.8. The molecule has 3 aromatic carbocycles. The second kappa shape index (κ2) is 11.4. The van der Waals surface area contributed by atoms with Crippen LogP contribution in [0.15, 0.2) is 77.3 Å². The molecule has 0 spiro atoms. The van der Waals surface area contributed by atoms with E-state index in [2.05, 4.69) is 56.5 Å². The summed E-state index contributed by atoms with van der Waals surface area (Å²) < 4.78 is 1.02. The van der Waals surface area contributed by atoms with Crippen LogP contribution >= 0.6 is 15.9 Å². The van der Waals surface area contributed by atoms with Gasteiger partial charge in [0, 0.05) is 47.8 Å². The number of nitrogens with one attached hydrogen (secondary N) is 1. The molecule has 0 bridgehead atoms. The van der Waals surface area contributed by atoms with Crippen LogP contribution in [0.4, 0.5) is 0 Å². The number of amides is 2. The van der Waals surface area contributed by atoms with Crippen LogP contribution in [0.2, 0.25) is 0 Å². The van der Waals surface area contributed by atoms with Crippen LogP contribution in [-0.4, -0.2) is 41.2 Å². The molecule has 0 aromatic heterocycles. The molecule has 1 fully saturated rings. The summed E-state index contributed by atoms with van der Waals surface area (Å²) in [7, 11) is 0. The van der Waals surface area contributed by atoms with Gasteiger partial charge >= 0.3 is 0 Å². The summed E-state index contributed by atoms with van der Waals surface area (Å²) in [5.74, 6) is -0.130. The van der Waals surface area contributed by atoms with E-state index in [9.17, 15) is 9.59 Å². The van der Waals surface area contributed by atoms with Crippen LogP contribution < -0.4 is 5.32 Å². The predicted molar refractivity (Wildman–Crippen MR) is 146 cm³/mol. The van der Waals surface area contributed by atoms with Gasteiger partial charge in [0.2, 0.25) is 0 Å². The van der Waals surface area contributed by atoms with Gasteiger partial charge < -0.3 is 10.2 Å². The third-order valence-corrected chi connectivity index (χ3v) is 7.77. The highest BCUT2D eigenvalue weighted by Crippen LogP contribution is 2.30. The Bertz CT molecular complexity index is 1210. The summed E-state index contributed by atoms with van der Waals surface area (Å²) >= 11 is 3.45. The van der Waals surface area contributed by atoms with Gasteiger partial charge in [-0.3, -0.25) is 14.5 Å². The fourth-order valence-corrected chi connectivity index (χ4v) is 5.60. The molecular weight excluding hydrogens is 514 g/mol. The van der Waals surface area contributed by atoms with Crippen molar-refractivity contribution in [3.05, 3.63) is 105 Å². The van der Waals surface area contributed by atoms with E-state index in [4.69, 9.17) is 0 Å². The Morgan fingerprint density at radius 2 is 1.81 bits per heavy atom. The smallest absolute Gasteiger partial charge is 0.254 e. The molecule has 1 N–H and O–H groups in total. The molecule has 186 valence electrons. The Balaban J connectivity index is 1.13. The van der Waals surface area contributed by atoms with Crippen molar-refractivity contribution in [1.29, 1.82) is 0 Å². The fraction of sp³-hybridized carbons (Fsp3) is 0.333. The topological polar surface area (TPSA) is 52.7 Å². The zero-order valence-electron chi connectivity index (χ0n) is 20.5. The minimum Gasteiger partial charge on any atom is -0.352 e. The molecule has 2 aliphatic rings. The second-order valence-corrected chi connectivity index (χ2v) is 10.6. The lowest BCUT2D eigenvalue weighted by atomic mass is 9.95. The van der Waals surface area contributed by atoms with Gasteiger partial charge in [-0.05, 0) is 66.8 Å². The van der Waals surface area contributed by atoms with Gasteiger partial charge in [-0.2, -0.15) is 0 Å². The lowest BCUT2D eigenvalue weighted by molar-refractivity contribution is 0.0766. The van der Waals surface area contributed by atoms with E-state index in [0.29, 0.717) is 36.8 Å². The first-order valence-corrected chi connectivity index (χ1v) is 13.6. The quantitative estimate of drug-likeness (QED) is 0.355. The number of fused-ring (bicyclic) bond motifs is 1. The molecule has 2 aliphatic heterocycles. The SMILES string of the molecule is O=C(NCCCN1CCCCC1c1ccccc1)c1ccc2c(c1)C(=O)N(Cc1ccc(Br)cc1)C2. The largest absolute Gasteiger partial charge is 0.352 e. The van der Waals surface area contributed by atoms with Crippen LogP contribution in [0.1, 0.15) is 69.1 Å². The normalized spacial score (nSPS) is 17.8. The molecule has 6 heteroatoms. The number of nitrogens with zero attached hydrogens (tertiary/aromatic N) is 2. The van der Waals surface area contributed by atoms with Crippen molar-refractivity contribution >= 4 is 27.7 Å². The summed E-state index contributed by atoms with van der Waals surface area (Å²) in [6.07, 6.45) is 4.60. The van der Waals surface area contributed by atoms with Gasteiger partial charge in [-0.15, -0.1) is 0 Å². The van der Waals surface area contributed by atoms with Gasteiger partial charge in [0.15, 0.2) is 0 Å². The summed E-state index contributed by atoms with van der Waals surface area (Å²) in [6.45, 7) is 3.83. The Morgan fingerprint density at radius 1 is 1.00 bits per heavy atom. The maximum Gasteiger partial charge on any atom is 0.254 e. The molecule has 5 nitrogen and oxygen atoms in total. The van der Waals surface area contributed by atoms with Crippen molar-refractivity contribution in [3.8, 4) is 0 Å². The molecule has 1 saturated heterocycles. The average molecular weight is 547 g/mol. The van der Waals surface area contributed by atoms with Crippen molar-refractivity contribution in [2.75, 3.05) is 19.6 Å². The van der Waals surface area contributed by atoms with E-state index in [1.165, 1.54) is 24.8 Å². The number of rotatable bonds is 8. The molecule has 1 unspecified atom stereocenters. The summed E-state index contributed by atoms with van der Waals surface area (Å²) in [6, 6.07) is 24.7. The van der Waals surface area contributed by atoms with Crippen LogP contribution in [0.3, 0.4) is 0 Å². The molecule has 3 aromatic rings. The number of halogens is 1. The van der Waals surface area contributed by atoms with E-state index in [-0.39, 0.29) is 11.8 Å². The van der Waals surface area contributed by atoms with Crippen molar-refractivity contribution in [2.24, 2.45) is 0 Å². The van der Waals surface area contributed by atoms with E-state index in [1.54, 1.807) is 6.07 Å². The summed E-state index contributed by atoms with van der Waals surface area (Å²) in [5.41, 5.74) is 4.64. The lowest BCUT2D eigenvalue weighted by Crippen LogP contribution is -2.36. The lowest BCUT2D eigenvalue weighted by Gasteiger charge is -2.36. The molecule has 2 amide bonds. The number of likely N-dealkylation sites (tertiary alicyclic amines) is 1. The molecule has 1 atom stereocenters. The Hall–Kier alpha value is -2.96. The Labute approximate surface area is 221 Å². The van der Waals surface area contributed by atoms with Crippen molar-refractivity contribution in [3.63, 3.8) is 0 Å². The summed E-state index contributed by atoms with van der Waals surface area (Å²) in [5, 5.41) is 3.06. The highest BCUT2D eigenvalue weighted by atomic mass is 79.9. The van der Waals surface area contributed by atoms with Gasteiger partial charge in [-0.1, -0.05) is 70.9 Å². The van der Waals surface area contributed by atoms with Crippen LogP contribution in [0, 0.1) is 0 Å². The second-order valence-electron chi connectivity index (χ2n) is 9.73. The van der Waals surface area contributed by atoms with Crippen LogP contribution in [0.25, 0.3) is 0 Å². The maximum absolute atomic E-state index is 13.0. The van der Waals surface area contributed by atoms with Crippen LogP contribution in [-0.2, 0) is 13.1 Å². The Morgan fingerprint density at radius 3 is 2.61 bits per heavy atom. The van der Waals surface area contributed by atoms with E-state index >= 15 is 0 Å². The van der Waals surface area contributed by atoms with Gasteiger partial charge in [0.05, 0.1) is 0 Å². The summed E-state index contributed by atoms with van der Waals surface area (Å²) in [4.78, 5) is 30.2. The minimum absolute atomic E-state index is 0.0142. The van der Waals surface area contributed by atoms with E-state index in [0.717, 1.165) is 35.1 Å². The number of carbonyl (C=O) groups is 2. The zero-order valence-corrected chi connectivity index (χ0v) is 22.0. The molecule has 36 heavy (non-hydrogen) atoms. The highest BCUT2D eigenvalue weighted by molar-refractivity contribution is 9.10. The Kier molecular flexibility index (Phi) is 7.83.